The van der Waals surface area contributed by atoms with Crippen LogP contribution in [0.25, 0.3) is 0 Å². The standard InChI is InChI=1S/C11H17ClN2O/c1-3-15-8(2)7-14-11-9(12)5-4-6-10(11)13/h4-6,8,14H,3,7,13H2,1-2H3. The summed E-state index contributed by atoms with van der Waals surface area (Å²) < 4.78 is 5.40. The van der Waals surface area contributed by atoms with Crippen molar-refractivity contribution in [3.63, 3.8) is 0 Å². The first-order chi connectivity index (χ1) is 7.15. The fraction of sp³-hybridized carbons (Fsp3) is 0.455. The van der Waals surface area contributed by atoms with E-state index < -0.39 is 0 Å². The van der Waals surface area contributed by atoms with E-state index in [1.54, 1.807) is 0 Å². The first kappa shape index (κ1) is 12.1. The van der Waals surface area contributed by atoms with E-state index in [9.17, 15) is 0 Å². The monoisotopic (exact) mass is 228 g/mol. The summed E-state index contributed by atoms with van der Waals surface area (Å²) in [5, 5.41) is 3.82. The first-order valence-corrected chi connectivity index (χ1v) is 5.42. The summed E-state index contributed by atoms with van der Waals surface area (Å²) in [7, 11) is 0. The van der Waals surface area contributed by atoms with Gasteiger partial charge in [0.05, 0.1) is 22.5 Å². The summed E-state index contributed by atoms with van der Waals surface area (Å²) >= 11 is 6.01. The number of nitrogen functional groups attached to an aromatic ring is 1. The second-order valence-electron chi connectivity index (χ2n) is 3.35. The molecule has 1 rings (SSSR count). The van der Waals surface area contributed by atoms with Gasteiger partial charge in [0.15, 0.2) is 0 Å². The van der Waals surface area contributed by atoms with E-state index in [2.05, 4.69) is 5.32 Å². The van der Waals surface area contributed by atoms with E-state index in [4.69, 9.17) is 22.1 Å². The first-order valence-electron chi connectivity index (χ1n) is 5.04. The van der Waals surface area contributed by atoms with Crippen LogP contribution in [0.5, 0.6) is 0 Å². The smallest absolute Gasteiger partial charge is 0.0764 e. The molecule has 0 spiro atoms. The van der Waals surface area contributed by atoms with E-state index in [-0.39, 0.29) is 6.10 Å². The SMILES string of the molecule is CCOC(C)CNc1c(N)cccc1Cl. The lowest BCUT2D eigenvalue weighted by atomic mass is 10.2. The predicted octanol–water partition coefficient (Wildman–Crippen LogP) is 2.76. The summed E-state index contributed by atoms with van der Waals surface area (Å²) in [5.74, 6) is 0. The van der Waals surface area contributed by atoms with Gasteiger partial charge < -0.3 is 15.8 Å². The molecule has 3 nitrogen and oxygen atoms in total. The highest BCUT2D eigenvalue weighted by molar-refractivity contribution is 6.33. The summed E-state index contributed by atoms with van der Waals surface area (Å²) in [6, 6.07) is 5.46. The Morgan fingerprint density at radius 3 is 2.87 bits per heavy atom. The summed E-state index contributed by atoms with van der Waals surface area (Å²) in [6.07, 6.45) is 0.144. The number of hydrogen-bond donors (Lipinski definition) is 2. The molecule has 0 amide bonds. The number of ether oxygens (including phenoxy) is 1. The molecule has 0 aromatic heterocycles. The molecule has 15 heavy (non-hydrogen) atoms. The van der Waals surface area contributed by atoms with Crippen LogP contribution in [-0.4, -0.2) is 19.3 Å². The van der Waals surface area contributed by atoms with Gasteiger partial charge in [-0.3, -0.25) is 0 Å². The average Bonchev–Trinajstić information content (AvgIpc) is 2.17. The Labute approximate surface area is 95.6 Å². The van der Waals surface area contributed by atoms with Crippen molar-refractivity contribution in [1.29, 1.82) is 0 Å². The second kappa shape index (κ2) is 5.83. The number of halogens is 1. The Balaban J connectivity index is 2.57. The van der Waals surface area contributed by atoms with Crippen LogP contribution in [0.2, 0.25) is 5.02 Å². The highest BCUT2D eigenvalue weighted by atomic mass is 35.5. The molecule has 0 saturated carbocycles. The fourth-order valence-electron chi connectivity index (χ4n) is 1.32. The van der Waals surface area contributed by atoms with E-state index in [1.807, 2.05) is 32.0 Å². The Kier molecular flexibility index (Phi) is 4.72. The van der Waals surface area contributed by atoms with Gasteiger partial charge in [0.25, 0.3) is 0 Å². The molecule has 84 valence electrons. The minimum absolute atomic E-state index is 0.144. The maximum atomic E-state index is 6.01. The van der Waals surface area contributed by atoms with Gasteiger partial charge in [-0.1, -0.05) is 17.7 Å². The highest BCUT2D eigenvalue weighted by Gasteiger charge is 2.06. The average molecular weight is 229 g/mol. The number of rotatable bonds is 5. The minimum Gasteiger partial charge on any atom is -0.397 e. The number of anilines is 2. The summed E-state index contributed by atoms with van der Waals surface area (Å²) in [4.78, 5) is 0. The quantitative estimate of drug-likeness (QED) is 0.762. The number of nitrogens with one attached hydrogen (secondary N) is 1. The van der Waals surface area contributed by atoms with Crippen LogP contribution in [0.15, 0.2) is 18.2 Å². The van der Waals surface area contributed by atoms with Crippen LogP contribution in [0.3, 0.4) is 0 Å². The van der Waals surface area contributed by atoms with Crippen molar-refractivity contribution in [2.24, 2.45) is 0 Å². The van der Waals surface area contributed by atoms with Gasteiger partial charge in [-0.15, -0.1) is 0 Å². The third-order valence-electron chi connectivity index (χ3n) is 2.06. The van der Waals surface area contributed by atoms with E-state index in [1.165, 1.54) is 0 Å². The zero-order chi connectivity index (χ0) is 11.3. The van der Waals surface area contributed by atoms with Gasteiger partial charge in [0, 0.05) is 13.2 Å². The number of para-hydroxylation sites is 1. The number of benzene rings is 1. The Morgan fingerprint density at radius 1 is 1.53 bits per heavy atom. The molecule has 4 heteroatoms. The lowest BCUT2D eigenvalue weighted by Gasteiger charge is -2.15. The van der Waals surface area contributed by atoms with Crippen LogP contribution < -0.4 is 11.1 Å². The molecule has 0 heterocycles. The third kappa shape index (κ3) is 3.61. The van der Waals surface area contributed by atoms with Crippen LogP contribution in [0.1, 0.15) is 13.8 Å². The van der Waals surface area contributed by atoms with Gasteiger partial charge in [0.2, 0.25) is 0 Å². The lowest BCUT2D eigenvalue weighted by molar-refractivity contribution is 0.0855. The molecule has 1 unspecified atom stereocenters. The third-order valence-corrected chi connectivity index (χ3v) is 2.38. The van der Waals surface area contributed by atoms with Gasteiger partial charge in [-0.25, -0.2) is 0 Å². The van der Waals surface area contributed by atoms with Crippen molar-refractivity contribution in [3.8, 4) is 0 Å². The predicted molar refractivity (Wildman–Crippen MR) is 65.4 cm³/mol. The van der Waals surface area contributed by atoms with E-state index in [0.29, 0.717) is 23.9 Å². The van der Waals surface area contributed by atoms with Crippen LogP contribution in [-0.2, 0) is 4.74 Å². The number of hydrogen-bond acceptors (Lipinski definition) is 3. The van der Waals surface area contributed by atoms with Crippen molar-refractivity contribution >= 4 is 23.0 Å². The summed E-state index contributed by atoms with van der Waals surface area (Å²) in [5.41, 5.74) is 7.24. The van der Waals surface area contributed by atoms with Gasteiger partial charge in [-0.05, 0) is 26.0 Å². The fourth-order valence-corrected chi connectivity index (χ4v) is 1.57. The van der Waals surface area contributed by atoms with Crippen LogP contribution in [0, 0.1) is 0 Å². The van der Waals surface area contributed by atoms with Crippen molar-refractivity contribution in [3.05, 3.63) is 23.2 Å². The van der Waals surface area contributed by atoms with Crippen molar-refractivity contribution < 1.29 is 4.74 Å². The van der Waals surface area contributed by atoms with Gasteiger partial charge in [0.1, 0.15) is 0 Å². The molecule has 0 bridgehead atoms. The molecule has 0 radical (unpaired) electrons. The minimum atomic E-state index is 0.144. The Hall–Kier alpha value is -0.930. The molecule has 3 N–H and O–H groups in total. The molecular formula is C11H17ClN2O. The zero-order valence-corrected chi connectivity index (χ0v) is 9.84. The van der Waals surface area contributed by atoms with Crippen molar-refractivity contribution in [2.75, 3.05) is 24.2 Å². The van der Waals surface area contributed by atoms with E-state index >= 15 is 0 Å². The van der Waals surface area contributed by atoms with Crippen molar-refractivity contribution in [1.82, 2.24) is 0 Å². The highest BCUT2D eigenvalue weighted by Crippen LogP contribution is 2.27. The Morgan fingerprint density at radius 2 is 2.27 bits per heavy atom. The molecule has 0 saturated heterocycles. The van der Waals surface area contributed by atoms with Crippen molar-refractivity contribution in [2.45, 2.75) is 20.0 Å². The lowest BCUT2D eigenvalue weighted by Crippen LogP contribution is -2.20. The molecule has 0 aliphatic heterocycles. The maximum Gasteiger partial charge on any atom is 0.0764 e. The molecule has 1 atom stereocenters. The molecule has 0 fully saturated rings. The van der Waals surface area contributed by atoms with Gasteiger partial charge in [-0.2, -0.15) is 0 Å². The van der Waals surface area contributed by atoms with E-state index in [0.717, 1.165) is 5.69 Å². The zero-order valence-electron chi connectivity index (χ0n) is 9.09. The largest absolute Gasteiger partial charge is 0.397 e. The molecule has 0 aliphatic rings. The molecule has 0 aliphatic carbocycles. The molecule has 1 aromatic rings. The van der Waals surface area contributed by atoms with Crippen LogP contribution >= 0.6 is 11.6 Å². The molecule has 1 aromatic carbocycles. The van der Waals surface area contributed by atoms with Gasteiger partial charge >= 0.3 is 0 Å². The number of nitrogens with two attached hydrogens (primary N) is 1. The summed E-state index contributed by atoms with van der Waals surface area (Å²) in [6.45, 7) is 5.38. The topological polar surface area (TPSA) is 47.3 Å². The van der Waals surface area contributed by atoms with Crippen LogP contribution in [0.4, 0.5) is 11.4 Å². The second-order valence-corrected chi connectivity index (χ2v) is 3.76. The normalized spacial score (nSPS) is 12.5. The maximum absolute atomic E-state index is 6.01. The Bertz CT molecular complexity index is 297. The molecular weight excluding hydrogens is 212 g/mol.